The van der Waals surface area contributed by atoms with Gasteiger partial charge in [-0.2, -0.15) is 28.1 Å². The number of nitrogens with zero attached hydrogens (tertiary/aromatic N) is 5. The molecular weight excluding hydrogens is 659 g/mol. The molecule has 2 fully saturated rings. The van der Waals surface area contributed by atoms with Crippen LogP contribution >= 0.6 is 24.2 Å². The Morgan fingerprint density at radius 3 is 1.74 bits per heavy atom. The molecular formula is C29H53ClF3N11O2S. The van der Waals surface area contributed by atoms with Crippen LogP contribution in [0.3, 0.4) is 0 Å². The summed E-state index contributed by atoms with van der Waals surface area (Å²) in [5.41, 5.74) is 1.46. The Morgan fingerprint density at radius 1 is 0.787 bits per heavy atom. The number of anilines is 5. The van der Waals surface area contributed by atoms with E-state index < -0.39 is 17.8 Å². The number of aromatic nitrogens is 3. The van der Waals surface area contributed by atoms with Gasteiger partial charge in [0, 0.05) is 53.7 Å². The zero-order chi connectivity index (χ0) is 30.8. The minimum atomic E-state index is -4.39. The lowest BCUT2D eigenvalue weighted by atomic mass is 10.1. The largest absolute Gasteiger partial charge is 0.446 e. The molecule has 13 nitrogen and oxygen atoms in total. The second-order valence-corrected chi connectivity index (χ2v) is 11.1. The molecule has 0 radical (unpaired) electrons. The summed E-state index contributed by atoms with van der Waals surface area (Å²) in [5.74, 6) is 0.809. The van der Waals surface area contributed by atoms with E-state index in [1.807, 2.05) is 0 Å². The second-order valence-electron chi connectivity index (χ2n) is 9.92. The number of piperidine rings is 1. The van der Waals surface area contributed by atoms with E-state index >= 15 is 0 Å². The number of benzene rings is 2. The van der Waals surface area contributed by atoms with E-state index in [4.69, 9.17) is 4.98 Å². The number of carbonyl (C=O) groups is 2. The molecule has 3 aromatic rings. The maximum Gasteiger partial charge on any atom is 0.446 e. The van der Waals surface area contributed by atoms with Crippen molar-refractivity contribution in [3.63, 3.8) is 0 Å². The number of alkyl halides is 3. The summed E-state index contributed by atoms with van der Waals surface area (Å²) < 4.78 is 37.5. The second kappa shape index (κ2) is 20.5. The first-order valence-corrected chi connectivity index (χ1v) is 14.9. The zero-order valence-electron chi connectivity index (χ0n) is 26.4. The first-order valence-electron chi connectivity index (χ1n) is 14.1. The van der Waals surface area contributed by atoms with Gasteiger partial charge in [-0.1, -0.05) is 0 Å². The fraction of sp³-hybridized carbons (Fsp3) is 0.414. The number of amides is 1. The molecule has 0 bridgehead atoms. The van der Waals surface area contributed by atoms with E-state index in [2.05, 4.69) is 36.1 Å². The van der Waals surface area contributed by atoms with Crippen molar-refractivity contribution in [3.8, 4) is 0 Å². The van der Waals surface area contributed by atoms with Crippen molar-refractivity contribution in [1.82, 2.24) is 33.4 Å². The molecule has 3 heterocycles. The number of ketones is 1. The number of nitrogens with two attached hydrogens (primary N) is 1. The highest BCUT2D eigenvalue weighted by molar-refractivity contribution is 8.00. The van der Waals surface area contributed by atoms with Gasteiger partial charge in [0.25, 0.3) is 0 Å². The maximum atomic E-state index is 12.7. The minimum Gasteiger partial charge on any atom is -0.344 e. The molecule has 2 aliphatic rings. The highest BCUT2D eigenvalue weighted by Crippen LogP contribution is 2.37. The third-order valence-corrected chi connectivity index (χ3v) is 7.53. The van der Waals surface area contributed by atoms with Gasteiger partial charge in [0.1, 0.15) is 0 Å². The molecule has 13 N–H and O–H groups in total. The number of nitrogens with one attached hydrogen (secondary N) is 2. The highest BCUT2D eigenvalue weighted by Gasteiger charge is 2.29. The number of thioether (sulfide) groups is 1. The molecule has 1 aromatic heterocycles. The molecule has 0 aliphatic carbocycles. The highest BCUT2D eigenvalue weighted by atomic mass is 35.5. The molecule has 0 spiro atoms. The summed E-state index contributed by atoms with van der Waals surface area (Å²) in [6.07, 6.45) is 5.22. The molecule has 5 rings (SSSR count). The number of halogens is 4. The van der Waals surface area contributed by atoms with Crippen LogP contribution in [-0.2, 0) is 4.79 Å². The summed E-state index contributed by atoms with van der Waals surface area (Å²) in [4.78, 5) is 43.5. The molecule has 2 aliphatic heterocycles. The monoisotopic (exact) mass is 711 g/mol. The van der Waals surface area contributed by atoms with Crippen LogP contribution in [-0.4, -0.2) is 65.4 Å². The van der Waals surface area contributed by atoms with Gasteiger partial charge in [0.15, 0.2) is 5.78 Å². The molecule has 2 aromatic carbocycles. The fourth-order valence-corrected chi connectivity index (χ4v) is 5.30. The molecule has 270 valence electrons. The quantitative estimate of drug-likeness (QED) is 0.0717. The third kappa shape index (κ3) is 13.1. The van der Waals surface area contributed by atoms with Crippen LogP contribution in [0, 0.1) is 0 Å². The first kappa shape index (κ1) is 43.3. The average Bonchev–Trinajstić information content (AvgIpc) is 3.55. The van der Waals surface area contributed by atoms with Crippen molar-refractivity contribution >= 4 is 65.1 Å². The predicted molar refractivity (Wildman–Crippen MR) is 194 cm³/mol. The van der Waals surface area contributed by atoms with Gasteiger partial charge in [-0.15, -0.1) is 12.4 Å². The normalized spacial score (nSPS) is 13.7. The van der Waals surface area contributed by atoms with Crippen molar-refractivity contribution in [1.29, 1.82) is 0 Å². The van der Waals surface area contributed by atoms with Gasteiger partial charge in [0.2, 0.25) is 23.8 Å². The SMILES string of the molecule is CN.Cl.N.N.N.O=C(CC(=O)c1ccc(Nc2nc(N3CCCCC3)nc(N3CCCC3)n2)cc1)Nc1ccc(SC(F)(F)F)cc1.[HH].[HH].[HH].[HH]. The summed E-state index contributed by atoms with van der Waals surface area (Å²) >= 11 is -0.236. The molecule has 0 atom stereocenters. The lowest BCUT2D eigenvalue weighted by Gasteiger charge is -2.27. The summed E-state index contributed by atoms with van der Waals surface area (Å²) in [5, 5.41) is 5.77. The van der Waals surface area contributed by atoms with Crippen LogP contribution in [0.4, 0.5) is 42.4 Å². The lowest BCUT2D eigenvalue weighted by Crippen LogP contribution is -2.32. The Hall–Kier alpha value is -3.74. The van der Waals surface area contributed by atoms with Crippen molar-refractivity contribution in [2.24, 2.45) is 5.73 Å². The number of carbonyl (C=O) groups excluding carboxylic acids is 2. The Bertz CT molecular complexity index is 1400. The van der Waals surface area contributed by atoms with Crippen LogP contribution in [0.2, 0.25) is 0 Å². The van der Waals surface area contributed by atoms with Gasteiger partial charge in [-0.25, -0.2) is 0 Å². The van der Waals surface area contributed by atoms with Crippen molar-refractivity contribution < 1.29 is 28.5 Å². The van der Waals surface area contributed by atoms with E-state index in [0.29, 0.717) is 34.8 Å². The number of rotatable bonds is 9. The van der Waals surface area contributed by atoms with Gasteiger partial charge in [-0.05, 0) is 99.4 Å². The minimum absolute atomic E-state index is 0. The van der Waals surface area contributed by atoms with E-state index in [0.717, 1.165) is 51.9 Å². The van der Waals surface area contributed by atoms with Gasteiger partial charge >= 0.3 is 5.51 Å². The molecule has 0 unspecified atom stereocenters. The Balaban J connectivity index is -0.000000693. The number of hydrogen-bond donors (Lipinski definition) is 6. The Morgan fingerprint density at radius 2 is 1.26 bits per heavy atom. The molecule has 18 heteroatoms. The number of hydrogen-bond acceptors (Lipinski definition) is 13. The summed E-state index contributed by atoms with van der Waals surface area (Å²) in [6, 6.07) is 11.9. The molecule has 0 saturated carbocycles. The molecule has 47 heavy (non-hydrogen) atoms. The van der Waals surface area contributed by atoms with Crippen molar-refractivity contribution in [3.05, 3.63) is 54.1 Å². The first-order chi connectivity index (χ1) is 20.7. The smallest absolute Gasteiger partial charge is 0.344 e. The third-order valence-electron chi connectivity index (χ3n) is 6.80. The lowest BCUT2D eigenvalue weighted by molar-refractivity contribution is -0.115. The maximum absolute atomic E-state index is 12.7. The topological polar surface area (TPSA) is 234 Å². The van der Waals surface area contributed by atoms with E-state index in [1.165, 1.54) is 37.7 Å². The average molecular weight is 712 g/mol. The van der Waals surface area contributed by atoms with E-state index in [1.54, 1.807) is 24.3 Å². The van der Waals surface area contributed by atoms with Gasteiger partial charge < -0.3 is 44.6 Å². The van der Waals surface area contributed by atoms with Crippen LogP contribution in [0.25, 0.3) is 0 Å². The van der Waals surface area contributed by atoms with Gasteiger partial charge in [0.05, 0.1) is 6.42 Å². The standard InChI is InChI=1S/C28H30F3N7O2S.CH5N.ClH.3H3N.4H2/c29-28(30,31)41-22-12-10-20(11-13-22)32-24(40)18-23(39)19-6-8-21(9-7-19)33-25-34-26(37-14-2-1-3-15-37)36-27(35-25)38-16-4-5-17-38;1-2;;;;;;;;/h6-13H,1-5,14-18H2,(H,32,40)(H,33,34,35,36);2H2,1H3;1H;3*1H3;4*1H. The fourth-order valence-electron chi connectivity index (χ4n) is 4.77. The van der Waals surface area contributed by atoms with E-state index in [9.17, 15) is 22.8 Å². The number of Topliss-reactive ketones (excluding diaryl/α,β-unsaturated/α-hetero) is 1. The van der Waals surface area contributed by atoms with Gasteiger partial charge in [-0.3, -0.25) is 9.59 Å². The summed E-state index contributed by atoms with van der Waals surface area (Å²) in [6.45, 7) is 3.65. The van der Waals surface area contributed by atoms with Crippen molar-refractivity contribution in [2.45, 2.75) is 48.9 Å². The zero-order valence-corrected chi connectivity index (χ0v) is 28.0. The van der Waals surface area contributed by atoms with Crippen molar-refractivity contribution in [2.75, 3.05) is 53.7 Å². The van der Waals surface area contributed by atoms with Crippen LogP contribution < -0.4 is 44.6 Å². The Kier molecular flexibility index (Phi) is 18.9. The Labute approximate surface area is 289 Å². The van der Waals surface area contributed by atoms with Crippen LogP contribution in [0.5, 0.6) is 0 Å². The van der Waals surface area contributed by atoms with Crippen LogP contribution in [0.15, 0.2) is 53.4 Å². The molecule has 2 saturated heterocycles. The predicted octanol–water partition coefficient (Wildman–Crippen LogP) is 7.50. The summed E-state index contributed by atoms with van der Waals surface area (Å²) in [7, 11) is 1.50. The molecule has 1 amide bonds. The van der Waals surface area contributed by atoms with Crippen LogP contribution in [0.1, 0.15) is 54.6 Å². The van der Waals surface area contributed by atoms with E-state index in [-0.39, 0.29) is 59.0 Å².